The molecule has 2 atom stereocenters. The highest BCUT2D eigenvalue weighted by molar-refractivity contribution is 9.09. The topological polar surface area (TPSA) is 20.2 Å². The van der Waals surface area contributed by atoms with Crippen LogP contribution in [0.5, 0.6) is 0 Å². The highest BCUT2D eigenvalue weighted by Gasteiger charge is 2.28. The maximum atomic E-state index is 9.65. The van der Waals surface area contributed by atoms with Gasteiger partial charge in [0.2, 0.25) is 0 Å². The number of aliphatic hydroxyl groups excluding tert-OH is 1. The van der Waals surface area contributed by atoms with Crippen molar-refractivity contribution in [3.05, 3.63) is 34.3 Å². The van der Waals surface area contributed by atoms with Crippen molar-refractivity contribution < 1.29 is 5.11 Å². The maximum Gasteiger partial charge on any atom is 0.0920 e. The summed E-state index contributed by atoms with van der Waals surface area (Å²) in [7, 11) is 0. The summed E-state index contributed by atoms with van der Waals surface area (Å²) in [6, 6.07) is 5.62. The third kappa shape index (κ3) is 1.28. The van der Waals surface area contributed by atoms with Gasteiger partial charge in [0.25, 0.3) is 0 Å². The molecule has 1 aromatic carbocycles. The van der Waals surface area contributed by atoms with E-state index in [4.69, 9.17) is 11.6 Å². The molecule has 3 heteroatoms. The summed E-state index contributed by atoms with van der Waals surface area (Å²) >= 11 is 9.24. The van der Waals surface area contributed by atoms with Crippen LogP contribution in [0.1, 0.15) is 17.2 Å². The molecule has 0 bridgehead atoms. The molecule has 0 spiro atoms. The van der Waals surface area contributed by atoms with Crippen molar-refractivity contribution >= 4 is 27.5 Å². The molecule has 12 heavy (non-hydrogen) atoms. The Bertz CT molecular complexity index is 313. The number of hydrogen-bond acceptors (Lipinski definition) is 1. The highest BCUT2D eigenvalue weighted by atomic mass is 79.9. The van der Waals surface area contributed by atoms with Gasteiger partial charge < -0.3 is 5.11 Å². The van der Waals surface area contributed by atoms with E-state index in [-0.39, 0.29) is 10.9 Å². The van der Waals surface area contributed by atoms with E-state index in [2.05, 4.69) is 15.9 Å². The Balaban J connectivity index is 2.47. The Morgan fingerprint density at radius 2 is 2.25 bits per heavy atom. The average molecular weight is 248 g/mol. The Morgan fingerprint density at radius 1 is 1.50 bits per heavy atom. The summed E-state index contributed by atoms with van der Waals surface area (Å²) in [5.41, 5.74) is 2.15. The van der Waals surface area contributed by atoms with E-state index < -0.39 is 0 Å². The van der Waals surface area contributed by atoms with Crippen LogP contribution >= 0.6 is 27.5 Å². The van der Waals surface area contributed by atoms with Gasteiger partial charge >= 0.3 is 0 Å². The van der Waals surface area contributed by atoms with Crippen LogP contribution < -0.4 is 0 Å². The molecule has 0 aromatic heterocycles. The molecule has 1 aliphatic carbocycles. The van der Waals surface area contributed by atoms with Gasteiger partial charge in [0.05, 0.1) is 6.10 Å². The summed E-state index contributed by atoms with van der Waals surface area (Å²) in [5.74, 6) is 0. The van der Waals surface area contributed by atoms with Crippen molar-refractivity contribution in [2.75, 3.05) is 0 Å². The molecule has 0 unspecified atom stereocenters. The Hall–Kier alpha value is -0.0500. The standard InChI is InChI=1S/C9H8BrClO/c10-8-4-5-3-6(11)1-2-7(5)9(8)12/h1-3,8-9,12H,4H2/t8-,9+/m0/s1. The van der Waals surface area contributed by atoms with Crippen molar-refractivity contribution in [1.29, 1.82) is 0 Å². The van der Waals surface area contributed by atoms with Gasteiger partial charge in [-0.05, 0) is 29.7 Å². The molecule has 1 N–H and O–H groups in total. The SMILES string of the molecule is O[C@@H]1c2ccc(Cl)cc2C[C@@H]1Br. The van der Waals surface area contributed by atoms with Crippen LogP contribution in [0.25, 0.3) is 0 Å². The Morgan fingerprint density at radius 3 is 3.00 bits per heavy atom. The Kier molecular flexibility index (Phi) is 2.15. The number of halogens is 2. The predicted molar refractivity (Wildman–Crippen MR) is 52.8 cm³/mol. The monoisotopic (exact) mass is 246 g/mol. The number of benzene rings is 1. The van der Waals surface area contributed by atoms with Gasteiger partial charge in [0, 0.05) is 9.85 Å². The molecule has 2 rings (SSSR count). The van der Waals surface area contributed by atoms with Gasteiger partial charge in [-0.2, -0.15) is 0 Å². The van der Waals surface area contributed by atoms with Crippen molar-refractivity contribution in [3.63, 3.8) is 0 Å². The van der Waals surface area contributed by atoms with Crippen molar-refractivity contribution in [1.82, 2.24) is 0 Å². The third-order valence-corrected chi connectivity index (χ3v) is 3.24. The first-order valence-corrected chi connectivity index (χ1v) is 5.08. The zero-order chi connectivity index (χ0) is 8.72. The van der Waals surface area contributed by atoms with Gasteiger partial charge in [-0.3, -0.25) is 0 Å². The molecule has 0 fully saturated rings. The zero-order valence-electron chi connectivity index (χ0n) is 6.30. The van der Waals surface area contributed by atoms with Crippen molar-refractivity contribution in [2.45, 2.75) is 17.4 Å². The minimum atomic E-state index is -0.378. The first kappa shape index (κ1) is 8.54. The smallest absolute Gasteiger partial charge is 0.0920 e. The number of alkyl halides is 1. The normalized spacial score (nSPS) is 27.2. The second kappa shape index (κ2) is 3.02. The van der Waals surface area contributed by atoms with Gasteiger partial charge in [-0.1, -0.05) is 33.6 Å². The maximum absolute atomic E-state index is 9.65. The van der Waals surface area contributed by atoms with E-state index >= 15 is 0 Å². The predicted octanol–water partition coefficient (Wildman–Crippen LogP) is 2.69. The number of aliphatic hydroxyl groups is 1. The second-order valence-electron chi connectivity index (χ2n) is 3.01. The molecule has 0 saturated heterocycles. The quantitative estimate of drug-likeness (QED) is 0.699. The minimum absolute atomic E-state index is 0.144. The number of rotatable bonds is 0. The fraction of sp³-hybridized carbons (Fsp3) is 0.333. The molecule has 0 amide bonds. The molecule has 0 aliphatic heterocycles. The first-order valence-electron chi connectivity index (χ1n) is 3.79. The van der Waals surface area contributed by atoms with Crippen molar-refractivity contribution in [3.8, 4) is 0 Å². The summed E-state index contributed by atoms with van der Waals surface area (Å²) in [6.07, 6.45) is 0.481. The molecule has 0 saturated carbocycles. The molecule has 1 aromatic rings. The fourth-order valence-corrected chi connectivity index (χ4v) is 2.38. The van der Waals surface area contributed by atoms with Gasteiger partial charge in [0.1, 0.15) is 0 Å². The minimum Gasteiger partial charge on any atom is -0.387 e. The molecule has 0 radical (unpaired) electrons. The van der Waals surface area contributed by atoms with Crippen LogP contribution in [-0.4, -0.2) is 9.93 Å². The molecular formula is C9H8BrClO. The van der Waals surface area contributed by atoms with E-state index in [0.717, 1.165) is 22.6 Å². The molecular weight excluding hydrogens is 239 g/mol. The van der Waals surface area contributed by atoms with E-state index in [9.17, 15) is 5.11 Å². The third-order valence-electron chi connectivity index (χ3n) is 2.18. The highest BCUT2D eigenvalue weighted by Crippen LogP contribution is 2.36. The lowest BCUT2D eigenvalue weighted by atomic mass is 10.1. The lowest BCUT2D eigenvalue weighted by molar-refractivity contribution is 0.187. The van der Waals surface area contributed by atoms with Crippen LogP contribution in [0.3, 0.4) is 0 Å². The van der Waals surface area contributed by atoms with Crippen LogP contribution in [0.4, 0.5) is 0 Å². The van der Waals surface area contributed by atoms with Crippen LogP contribution in [-0.2, 0) is 6.42 Å². The second-order valence-corrected chi connectivity index (χ2v) is 4.62. The fourth-order valence-electron chi connectivity index (χ4n) is 1.56. The van der Waals surface area contributed by atoms with Crippen LogP contribution in [0.15, 0.2) is 18.2 Å². The molecule has 1 nitrogen and oxygen atoms in total. The largest absolute Gasteiger partial charge is 0.387 e. The summed E-state index contributed by atoms with van der Waals surface area (Å²) in [6.45, 7) is 0. The van der Waals surface area contributed by atoms with Gasteiger partial charge in [0.15, 0.2) is 0 Å². The lowest BCUT2D eigenvalue weighted by Gasteiger charge is -2.06. The van der Waals surface area contributed by atoms with E-state index in [0.29, 0.717) is 0 Å². The first-order chi connectivity index (χ1) is 5.68. The zero-order valence-corrected chi connectivity index (χ0v) is 8.64. The molecule has 0 heterocycles. The van der Waals surface area contributed by atoms with Gasteiger partial charge in [-0.15, -0.1) is 0 Å². The van der Waals surface area contributed by atoms with E-state index in [1.54, 1.807) is 0 Å². The summed E-state index contributed by atoms with van der Waals surface area (Å²) in [4.78, 5) is 0.144. The van der Waals surface area contributed by atoms with Crippen LogP contribution in [0.2, 0.25) is 5.02 Å². The van der Waals surface area contributed by atoms with Crippen molar-refractivity contribution in [2.24, 2.45) is 0 Å². The number of fused-ring (bicyclic) bond motifs is 1. The summed E-state index contributed by atoms with van der Waals surface area (Å²) in [5, 5.41) is 10.4. The molecule has 1 aliphatic rings. The van der Waals surface area contributed by atoms with Gasteiger partial charge in [-0.25, -0.2) is 0 Å². The van der Waals surface area contributed by atoms with E-state index in [1.807, 2.05) is 18.2 Å². The Labute approximate surface area is 84.5 Å². The van der Waals surface area contributed by atoms with E-state index in [1.165, 1.54) is 0 Å². The lowest BCUT2D eigenvalue weighted by Crippen LogP contribution is -2.03. The average Bonchev–Trinajstić information content (AvgIpc) is 2.28. The molecule has 64 valence electrons. The summed E-state index contributed by atoms with van der Waals surface area (Å²) < 4.78 is 0. The number of hydrogen-bond donors (Lipinski definition) is 1. The van der Waals surface area contributed by atoms with Crippen LogP contribution in [0, 0.1) is 0 Å².